The lowest BCUT2D eigenvalue weighted by Crippen LogP contribution is -2.33. The molecule has 0 amide bonds. The second kappa shape index (κ2) is 7.50. The van der Waals surface area contributed by atoms with Gasteiger partial charge in [0.1, 0.15) is 0 Å². The van der Waals surface area contributed by atoms with Crippen LogP contribution in [0.2, 0.25) is 0 Å². The van der Waals surface area contributed by atoms with E-state index in [0.29, 0.717) is 18.7 Å². The van der Waals surface area contributed by atoms with E-state index >= 15 is 0 Å². The number of ether oxygens (including phenoxy) is 1. The summed E-state index contributed by atoms with van der Waals surface area (Å²) >= 11 is 0. The Balaban J connectivity index is 2.65. The van der Waals surface area contributed by atoms with E-state index in [9.17, 15) is 13.2 Å². The second-order valence-corrected chi connectivity index (χ2v) is 4.46. The summed E-state index contributed by atoms with van der Waals surface area (Å²) in [5.41, 5.74) is 0.642. The number of rotatable bonds is 7. The van der Waals surface area contributed by atoms with Crippen LogP contribution in [0.25, 0.3) is 0 Å². The summed E-state index contributed by atoms with van der Waals surface area (Å²) in [6.45, 7) is 4.65. The predicted octanol–water partition coefficient (Wildman–Crippen LogP) is 3.69. The van der Waals surface area contributed by atoms with E-state index in [4.69, 9.17) is 4.74 Å². The van der Waals surface area contributed by atoms with Crippen LogP contribution < -0.4 is 5.32 Å². The Morgan fingerprint density at radius 1 is 1.21 bits per heavy atom. The van der Waals surface area contributed by atoms with Gasteiger partial charge in [0.05, 0.1) is 12.5 Å². The van der Waals surface area contributed by atoms with E-state index < -0.39 is 18.6 Å². The fourth-order valence-corrected chi connectivity index (χ4v) is 1.88. The Bertz CT molecular complexity index is 353. The third kappa shape index (κ3) is 6.59. The summed E-state index contributed by atoms with van der Waals surface area (Å²) in [4.78, 5) is 0. The second-order valence-electron chi connectivity index (χ2n) is 4.46. The van der Waals surface area contributed by atoms with Gasteiger partial charge in [-0.1, -0.05) is 30.3 Å². The van der Waals surface area contributed by atoms with Gasteiger partial charge in [-0.2, -0.15) is 13.2 Å². The van der Waals surface area contributed by atoms with Gasteiger partial charge in [-0.05, 0) is 19.4 Å². The van der Waals surface area contributed by atoms with Gasteiger partial charge in [-0.15, -0.1) is 0 Å². The molecule has 0 aliphatic rings. The van der Waals surface area contributed by atoms with Gasteiger partial charge in [0.15, 0.2) is 0 Å². The molecule has 5 heteroatoms. The summed E-state index contributed by atoms with van der Waals surface area (Å²) in [6.07, 6.45) is -5.18. The summed E-state index contributed by atoms with van der Waals surface area (Å²) < 4.78 is 43.1. The van der Waals surface area contributed by atoms with Crippen LogP contribution in [0.4, 0.5) is 13.2 Å². The van der Waals surface area contributed by atoms with E-state index in [-0.39, 0.29) is 6.10 Å². The lowest BCUT2D eigenvalue weighted by Gasteiger charge is -2.23. The summed E-state index contributed by atoms with van der Waals surface area (Å²) in [5.74, 6) is 0. The highest BCUT2D eigenvalue weighted by atomic mass is 19.4. The minimum Gasteiger partial charge on any atom is -0.377 e. The number of hydrogen-bond acceptors (Lipinski definition) is 2. The van der Waals surface area contributed by atoms with Crippen LogP contribution in [0.15, 0.2) is 30.3 Å². The van der Waals surface area contributed by atoms with Crippen LogP contribution in [-0.2, 0) is 4.74 Å². The summed E-state index contributed by atoms with van der Waals surface area (Å²) in [7, 11) is 0. The molecule has 108 valence electrons. The molecule has 2 atom stereocenters. The van der Waals surface area contributed by atoms with Crippen molar-refractivity contribution < 1.29 is 17.9 Å². The molecule has 19 heavy (non-hydrogen) atoms. The fraction of sp³-hybridized carbons (Fsp3) is 0.571. The Morgan fingerprint density at radius 2 is 1.84 bits per heavy atom. The lowest BCUT2D eigenvalue weighted by atomic mass is 10.0. The third-order valence-electron chi connectivity index (χ3n) is 2.74. The number of alkyl halides is 3. The number of nitrogens with one attached hydrogen (secondary N) is 1. The first-order valence-corrected chi connectivity index (χ1v) is 6.39. The first-order chi connectivity index (χ1) is 8.92. The van der Waals surface area contributed by atoms with Crippen LogP contribution in [0.1, 0.15) is 31.9 Å². The quantitative estimate of drug-likeness (QED) is 0.819. The monoisotopic (exact) mass is 275 g/mol. The van der Waals surface area contributed by atoms with Crippen molar-refractivity contribution in [1.29, 1.82) is 0 Å². The highest BCUT2D eigenvalue weighted by Gasteiger charge is 2.32. The standard InChI is InChI=1S/C14H20F3NO/c1-3-19-11(2)10-18-13(9-14(15,16)17)12-7-5-4-6-8-12/h4-8,11,13,18H,3,9-10H2,1-2H3. The van der Waals surface area contributed by atoms with E-state index in [1.807, 2.05) is 13.8 Å². The van der Waals surface area contributed by atoms with Crippen molar-refractivity contribution in [3.63, 3.8) is 0 Å². The summed E-state index contributed by atoms with van der Waals surface area (Å²) in [5, 5.41) is 2.93. The van der Waals surface area contributed by atoms with Crippen molar-refractivity contribution in [2.75, 3.05) is 13.2 Å². The Kier molecular flexibility index (Phi) is 6.31. The van der Waals surface area contributed by atoms with Gasteiger partial charge >= 0.3 is 6.18 Å². The molecule has 0 saturated carbocycles. The molecule has 1 rings (SSSR count). The number of hydrogen-bond donors (Lipinski definition) is 1. The molecule has 0 fully saturated rings. The van der Waals surface area contributed by atoms with Gasteiger partial charge in [0.2, 0.25) is 0 Å². The molecule has 1 aromatic rings. The van der Waals surface area contributed by atoms with Crippen molar-refractivity contribution in [3.05, 3.63) is 35.9 Å². The fourth-order valence-electron chi connectivity index (χ4n) is 1.88. The van der Waals surface area contributed by atoms with Crippen molar-refractivity contribution >= 4 is 0 Å². The lowest BCUT2D eigenvalue weighted by molar-refractivity contribution is -0.140. The zero-order valence-corrected chi connectivity index (χ0v) is 11.2. The number of benzene rings is 1. The topological polar surface area (TPSA) is 21.3 Å². The molecule has 0 spiro atoms. The normalized spacial score (nSPS) is 15.2. The first kappa shape index (κ1) is 16.0. The van der Waals surface area contributed by atoms with Gasteiger partial charge in [0, 0.05) is 19.2 Å². The van der Waals surface area contributed by atoms with Crippen molar-refractivity contribution in [2.45, 2.75) is 38.6 Å². The highest BCUT2D eigenvalue weighted by Crippen LogP contribution is 2.29. The van der Waals surface area contributed by atoms with E-state index in [0.717, 1.165) is 0 Å². The molecule has 1 N–H and O–H groups in total. The molecule has 0 aromatic heterocycles. The molecule has 2 nitrogen and oxygen atoms in total. The predicted molar refractivity (Wildman–Crippen MR) is 68.9 cm³/mol. The largest absolute Gasteiger partial charge is 0.390 e. The maximum atomic E-state index is 12.6. The SMILES string of the molecule is CCOC(C)CNC(CC(F)(F)F)c1ccccc1. The minimum atomic E-state index is -4.19. The minimum absolute atomic E-state index is 0.107. The first-order valence-electron chi connectivity index (χ1n) is 6.39. The van der Waals surface area contributed by atoms with Crippen molar-refractivity contribution in [2.24, 2.45) is 0 Å². The average molecular weight is 275 g/mol. The van der Waals surface area contributed by atoms with Crippen LogP contribution in [0.3, 0.4) is 0 Å². The molecule has 0 aliphatic carbocycles. The van der Waals surface area contributed by atoms with E-state index in [1.54, 1.807) is 30.3 Å². The Morgan fingerprint density at radius 3 is 2.37 bits per heavy atom. The average Bonchev–Trinajstić information content (AvgIpc) is 2.34. The highest BCUT2D eigenvalue weighted by molar-refractivity contribution is 5.19. The molecule has 0 radical (unpaired) electrons. The van der Waals surface area contributed by atoms with Gasteiger partial charge in [-0.3, -0.25) is 0 Å². The Hall–Kier alpha value is -1.07. The smallest absolute Gasteiger partial charge is 0.377 e. The molecule has 0 saturated heterocycles. The van der Waals surface area contributed by atoms with E-state index in [2.05, 4.69) is 5.32 Å². The van der Waals surface area contributed by atoms with Crippen LogP contribution in [0, 0.1) is 0 Å². The van der Waals surface area contributed by atoms with Crippen molar-refractivity contribution in [3.8, 4) is 0 Å². The third-order valence-corrected chi connectivity index (χ3v) is 2.74. The molecule has 1 aromatic carbocycles. The molecular formula is C14H20F3NO. The molecular weight excluding hydrogens is 255 g/mol. The van der Waals surface area contributed by atoms with Crippen LogP contribution in [0.5, 0.6) is 0 Å². The van der Waals surface area contributed by atoms with E-state index in [1.165, 1.54) is 0 Å². The summed E-state index contributed by atoms with van der Waals surface area (Å²) in [6, 6.07) is 7.95. The van der Waals surface area contributed by atoms with Crippen molar-refractivity contribution in [1.82, 2.24) is 5.32 Å². The maximum absolute atomic E-state index is 12.6. The van der Waals surface area contributed by atoms with Crippen LogP contribution >= 0.6 is 0 Å². The zero-order valence-electron chi connectivity index (χ0n) is 11.2. The zero-order chi connectivity index (χ0) is 14.3. The van der Waals surface area contributed by atoms with Gasteiger partial charge in [0.25, 0.3) is 0 Å². The molecule has 0 bridgehead atoms. The molecule has 0 aliphatic heterocycles. The Labute approximate surface area is 112 Å². The van der Waals surface area contributed by atoms with Gasteiger partial charge < -0.3 is 10.1 Å². The maximum Gasteiger partial charge on any atom is 0.390 e. The van der Waals surface area contributed by atoms with Crippen LogP contribution in [-0.4, -0.2) is 25.4 Å². The molecule has 2 unspecified atom stereocenters. The number of halogens is 3. The molecule has 0 heterocycles. The van der Waals surface area contributed by atoms with Gasteiger partial charge in [-0.25, -0.2) is 0 Å².